The molecule has 0 fully saturated rings. The van der Waals surface area contributed by atoms with E-state index < -0.39 is 4.92 Å². The van der Waals surface area contributed by atoms with Crippen LogP contribution in [0.1, 0.15) is 23.6 Å². The van der Waals surface area contributed by atoms with Gasteiger partial charge in [-0.05, 0) is 31.9 Å². The van der Waals surface area contributed by atoms with E-state index in [1.807, 2.05) is 0 Å². The standard InChI is InChI=1S/C12H15NO4/c1-4-17-12(14)7-10-5-8(2)9(3)11(6-10)13(15)16/h5-6H,4,7H2,1-3H3. The Balaban J connectivity index is 3.02. The van der Waals surface area contributed by atoms with E-state index in [2.05, 4.69) is 0 Å². The maximum Gasteiger partial charge on any atom is 0.310 e. The first-order chi connectivity index (χ1) is 7.95. The first-order valence-corrected chi connectivity index (χ1v) is 5.35. The van der Waals surface area contributed by atoms with Crippen LogP contribution in [0.25, 0.3) is 0 Å². The van der Waals surface area contributed by atoms with Crippen molar-refractivity contribution in [1.29, 1.82) is 0 Å². The largest absolute Gasteiger partial charge is 0.466 e. The van der Waals surface area contributed by atoms with Gasteiger partial charge in [-0.3, -0.25) is 14.9 Å². The summed E-state index contributed by atoms with van der Waals surface area (Å²) in [4.78, 5) is 21.7. The van der Waals surface area contributed by atoms with Crippen LogP contribution < -0.4 is 0 Å². The average molecular weight is 237 g/mol. The lowest BCUT2D eigenvalue weighted by Gasteiger charge is -2.06. The summed E-state index contributed by atoms with van der Waals surface area (Å²) in [6.45, 7) is 5.52. The van der Waals surface area contributed by atoms with Gasteiger partial charge in [0, 0.05) is 11.6 Å². The minimum atomic E-state index is -0.434. The monoisotopic (exact) mass is 237 g/mol. The summed E-state index contributed by atoms with van der Waals surface area (Å²) in [5.41, 5.74) is 2.09. The molecule has 5 nitrogen and oxygen atoms in total. The fourth-order valence-electron chi connectivity index (χ4n) is 1.58. The van der Waals surface area contributed by atoms with Gasteiger partial charge >= 0.3 is 5.97 Å². The second-order valence-electron chi connectivity index (χ2n) is 3.80. The van der Waals surface area contributed by atoms with E-state index >= 15 is 0 Å². The molecule has 1 aromatic rings. The van der Waals surface area contributed by atoms with Crippen LogP contribution >= 0.6 is 0 Å². The second kappa shape index (κ2) is 5.43. The van der Waals surface area contributed by atoms with E-state index in [9.17, 15) is 14.9 Å². The van der Waals surface area contributed by atoms with Gasteiger partial charge in [0.05, 0.1) is 18.0 Å². The molecule has 0 atom stereocenters. The normalized spacial score (nSPS) is 10.1. The van der Waals surface area contributed by atoms with Gasteiger partial charge in [0.1, 0.15) is 0 Å². The van der Waals surface area contributed by atoms with Crippen molar-refractivity contribution in [1.82, 2.24) is 0 Å². The van der Waals surface area contributed by atoms with Crippen LogP contribution in [0.5, 0.6) is 0 Å². The fourth-order valence-corrected chi connectivity index (χ4v) is 1.58. The smallest absolute Gasteiger partial charge is 0.310 e. The van der Waals surface area contributed by atoms with E-state index in [1.165, 1.54) is 6.07 Å². The molecule has 0 bridgehead atoms. The second-order valence-corrected chi connectivity index (χ2v) is 3.80. The number of nitro benzene ring substituents is 1. The fraction of sp³-hybridized carbons (Fsp3) is 0.417. The van der Waals surface area contributed by atoms with Gasteiger partial charge in [0.15, 0.2) is 0 Å². The number of nitrogens with zero attached hydrogens (tertiary/aromatic N) is 1. The summed E-state index contributed by atoms with van der Waals surface area (Å²) in [6.07, 6.45) is 0.0653. The van der Waals surface area contributed by atoms with Crippen LogP contribution in [0, 0.1) is 24.0 Å². The predicted molar refractivity (Wildman–Crippen MR) is 62.9 cm³/mol. The highest BCUT2D eigenvalue weighted by molar-refractivity contribution is 5.73. The molecule has 0 aromatic heterocycles. The number of benzene rings is 1. The third-order valence-electron chi connectivity index (χ3n) is 2.55. The van der Waals surface area contributed by atoms with Crippen LogP contribution in [-0.4, -0.2) is 17.5 Å². The van der Waals surface area contributed by atoms with Gasteiger partial charge < -0.3 is 4.74 Å². The summed E-state index contributed by atoms with van der Waals surface area (Å²) in [7, 11) is 0. The maximum atomic E-state index is 11.3. The minimum Gasteiger partial charge on any atom is -0.466 e. The summed E-state index contributed by atoms with van der Waals surface area (Å²) in [6, 6.07) is 3.21. The third kappa shape index (κ3) is 3.27. The number of hydrogen-bond donors (Lipinski definition) is 0. The van der Waals surface area contributed by atoms with Crippen molar-refractivity contribution in [2.75, 3.05) is 6.61 Å². The third-order valence-corrected chi connectivity index (χ3v) is 2.55. The topological polar surface area (TPSA) is 69.4 Å². The number of rotatable bonds is 4. The Hall–Kier alpha value is -1.91. The molecule has 5 heteroatoms. The summed E-state index contributed by atoms with van der Waals surface area (Å²) in [5.74, 6) is -0.370. The number of carbonyl (C=O) groups excluding carboxylic acids is 1. The molecule has 0 heterocycles. The number of hydrogen-bond acceptors (Lipinski definition) is 4. The van der Waals surface area contributed by atoms with Crippen LogP contribution in [0.15, 0.2) is 12.1 Å². The Morgan fingerprint density at radius 1 is 1.41 bits per heavy atom. The zero-order chi connectivity index (χ0) is 13.0. The van der Waals surface area contributed by atoms with E-state index in [-0.39, 0.29) is 18.1 Å². The lowest BCUT2D eigenvalue weighted by molar-refractivity contribution is -0.385. The Kier molecular flexibility index (Phi) is 4.20. The van der Waals surface area contributed by atoms with E-state index in [1.54, 1.807) is 26.8 Å². The molecule has 1 aromatic carbocycles. The zero-order valence-corrected chi connectivity index (χ0v) is 10.1. The Morgan fingerprint density at radius 3 is 2.59 bits per heavy atom. The van der Waals surface area contributed by atoms with Crippen molar-refractivity contribution in [2.24, 2.45) is 0 Å². The van der Waals surface area contributed by atoms with E-state index in [0.717, 1.165) is 5.56 Å². The van der Waals surface area contributed by atoms with Gasteiger partial charge in [0.2, 0.25) is 0 Å². The predicted octanol–water partition coefficient (Wildman–Crippen LogP) is 2.32. The van der Waals surface area contributed by atoms with Crippen molar-refractivity contribution >= 4 is 11.7 Å². The van der Waals surface area contributed by atoms with Crippen molar-refractivity contribution in [3.8, 4) is 0 Å². The van der Waals surface area contributed by atoms with Crippen molar-refractivity contribution < 1.29 is 14.5 Å². The van der Waals surface area contributed by atoms with Crippen molar-refractivity contribution in [3.05, 3.63) is 38.9 Å². The lowest BCUT2D eigenvalue weighted by Crippen LogP contribution is -2.08. The van der Waals surface area contributed by atoms with Gasteiger partial charge in [-0.2, -0.15) is 0 Å². The molecule has 0 saturated carbocycles. The number of ether oxygens (including phenoxy) is 1. The van der Waals surface area contributed by atoms with Gasteiger partial charge in [0.25, 0.3) is 5.69 Å². The Bertz CT molecular complexity index is 454. The van der Waals surface area contributed by atoms with Crippen LogP contribution in [0.4, 0.5) is 5.69 Å². The van der Waals surface area contributed by atoms with E-state index in [0.29, 0.717) is 17.7 Å². The molecule has 0 radical (unpaired) electrons. The SMILES string of the molecule is CCOC(=O)Cc1cc(C)c(C)c([N+](=O)[O-])c1. The van der Waals surface area contributed by atoms with Gasteiger partial charge in [-0.15, -0.1) is 0 Å². The molecule has 0 aliphatic rings. The van der Waals surface area contributed by atoms with Crippen LogP contribution in [0.2, 0.25) is 0 Å². The molecule has 1 rings (SSSR count). The number of nitro groups is 1. The van der Waals surface area contributed by atoms with Gasteiger partial charge in [-0.1, -0.05) is 6.07 Å². The van der Waals surface area contributed by atoms with Crippen molar-refractivity contribution in [3.63, 3.8) is 0 Å². The molecule has 17 heavy (non-hydrogen) atoms. The first kappa shape index (κ1) is 13.2. The first-order valence-electron chi connectivity index (χ1n) is 5.35. The highest BCUT2D eigenvalue weighted by atomic mass is 16.6. The lowest BCUT2D eigenvalue weighted by atomic mass is 10.0. The number of carbonyl (C=O) groups is 1. The molecular formula is C12H15NO4. The quantitative estimate of drug-likeness (QED) is 0.457. The molecule has 92 valence electrons. The summed E-state index contributed by atoms with van der Waals surface area (Å²) < 4.78 is 4.81. The van der Waals surface area contributed by atoms with E-state index in [4.69, 9.17) is 4.74 Å². The molecule has 0 aliphatic heterocycles. The average Bonchev–Trinajstić information content (AvgIpc) is 2.23. The summed E-state index contributed by atoms with van der Waals surface area (Å²) >= 11 is 0. The number of aryl methyl sites for hydroxylation is 1. The van der Waals surface area contributed by atoms with Gasteiger partial charge in [-0.25, -0.2) is 0 Å². The summed E-state index contributed by atoms with van der Waals surface area (Å²) in [5, 5.41) is 10.8. The Labute approximate surface area is 99.5 Å². The molecule has 0 N–H and O–H groups in total. The molecule has 0 amide bonds. The highest BCUT2D eigenvalue weighted by Gasteiger charge is 2.15. The minimum absolute atomic E-state index is 0.0456. The molecular weight excluding hydrogens is 222 g/mol. The Morgan fingerprint density at radius 2 is 2.06 bits per heavy atom. The van der Waals surface area contributed by atoms with Crippen LogP contribution in [-0.2, 0) is 16.0 Å². The maximum absolute atomic E-state index is 11.3. The zero-order valence-electron chi connectivity index (χ0n) is 10.1. The highest BCUT2D eigenvalue weighted by Crippen LogP contribution is 2.23. The van der Waals surface area contributed by atoms with Crippen molar-refractivity contribution in [2.45, 2.75) is 27.2 Å². The number of esters is 1. The molecule has 0 spiro atoms. The molecule has 0 saturated heterocycles. The molecule has 0 unspecified atom stereocenters. The van der Waals surface area contributed by atoms with Crippen LogP contribution in [0.3, 0.4) is 0 Å². The molecule has 0 aliphatic carbocycles.